The van der Waals surface area contributed by atoms with Crippen molar-refractivity contribution >= 4 is 11.3 Å². The van der Waals surface area contributed by atoms with Gasteiger partial charge in [0.1, 0.15) is 6.10 Å². The summed E-state index contributed by atoms with van der Waals surface area (Å²) < 4.78 is 6.11. The third-order valence-corrected chi connectivity index (χ3v) is 4.66. The molecule has 1 unspecified atom stereocenters. The minimum Gasteiger partial charge on any atom is -0.480 e. The number of nitrogens with zero attached hydrogens (tertiary/aromatic N) is 1. The Morgan fingerprint density at radius 2 is 2.12 bits per heavy atom. The highest BCUT2D eigenvalue weighted by molar-refractivity contribution is 7.13. The van der Waals surface area contributed by atoms with E-state index in [0.29, 0.717) is 6.10 Å². The van der Waals surface area contributed by atoms with Gasteiger partial charge in [0.25, 0.3) is 0 Å². The van der Waals surface area contributed by atoms with Crippen LogP contribution in [0.4, 0.5) is 0 Å². The number of hydrogen-bond acceptors (Lipinski definition) is 3. The molecule has 88 valence electrons. The fourth-order valence-corrected chi connectivity index (χ4v) is 3.64. The molecule has 3 fully saturated rings. The van der Waals surface area contributed by atoms with E-state index < -0.39 is 0 Å². The Morgan fingerprint density at radius 3 is 2.81 bits per heavy atom. The van der Waals surface area contributed by atoms with Gasteiger partial charge in [-0.15, -0.1) is 11.3 Å². The van der Waals surface area contributed by atoms with Gasteiger partial charge in [-0.3, -0.25) is 4.90 Å². The first kappa shape index (κ1) is 10.6. The lowest BCUT2D eigenvalue weighted by molar-refractivity contribution is 0.157. The van der Waals surface area contributed by atoms with Gasteiger partial charge in [0.05, 0.1) is 0 Å². The maximum absolute atomic E-state index is 6.11. The predicted molar refractivity (Wildman–Crippen MR) is 67.3 cm³/mol. The second kappa shape index (κ2) is 4.38. The quantitative estimate of drug-likeness (QED) is 0.784. The summed E-state index contributed by atoms with van der Waals surface area (Å²) >= 11 is 1.77. The lowest BCUT2D eigenvalue weighted by Crippen LogP contribution is -2.34. The number of ether oxygens (including phenoxy) is 1. The molecule has 0 spiro atoms. The van der Waals surface area contributed by atoms with Crippen molar-refractivity contribution in [2.24, 2.45) is 5.92 Å². The highest BCUT2D eigenvalue weighted by atomic mass is 32.1. The van der Waals surface area contributed by atoms with Gasteiger partial charge in [-0.05, 0) is 57.3 Å². The van der Waals surface area contributed by atoms with Crippen LogP contribution in [-0.2, 0) is 0 Å². The number of hydrogen-bond donors (Lipinski definition) is 0. The first-order valence-corrected chi connectivity index (χ1v) is 7.07. The first-order valence-electron chi connectivity index (χ1n) is 6.25. The number of piperidine rings is 1. The molecule has 4 heterocycles. The topological polar surface area (TPSA) is 12.5 Å². The number of aryl methyl sites for hydroxylation is 1. The highest BCUT2D eigenvalue weighted by Gasteiger charge is 2.30. The van der Waals surface area contributed by atoms with Gasteiger partial charge in [-0.25, -0.2) is 0 Å². The standard InChI is InChI=1S/C13H19NOS/c1-10-2-3-13(16-10)15-12-8-11-4-6-14(9-12)7-5-11/h2-3,11-12H,4-9H2,1H3. The van der Waals surface area contributed by atoms with E-state index in [4.69, 9.17) is 4.74 Å². The van der Waals surface area contributed by atoms with E-state index in [2.05, 4.69) is 24.0 Å². The molecule has 16 heavy (non-hydrogen) atoms. The van der Waals surface area contributed by atoms with Crippen LogP contribution >= 0.6 is 11.3 Å². The molecule has 2 nitrogen and oxygen atoms in total. The monoisotopic (exact) mass is 237 g/mol. The molecule has 0 radical (unpaired) electrons. The molecule has 0 saturated carbocycles. The minimum atomic E-state index is 0.424. The van der Waals surface area contributed by atoms with E-state index in [1.165, 1.54) is 37.2 Å². The second-order valence-electron chi connectivity index (χ2n) is 5.08. The molecule has 3 saturated heterocycles. The largest absolute Gasteiger partial charge is 0.480 e. The summed E-state index contributed by atoms with van der Waals surface area (Å²) in [7, 11) is 0. The van der Waals surface area contributed by atoms with Crippen LogP contribution in [0.2, 0.25) is 0 Å². The Hall–Kier alpha value is -0.540. The Morgan fingerprint density at radius 1 is 1.31 bits per heavy atom. The van der Waals surface area contributed by atoms with Crippen LogP contribution in [0.1, 0.15) is 24.1 Å². The zero-order valence-electron chi connectivity index (χ0n) is 9.82. The third-order valence-electron chi connectivity index (χ3n) is 3.76. The average Bonchev–Trinajstić information content (AvgIpc) is 2.50. The Kier molecular flexibility index (Phi) is 2.90. The normalized spacial score (nSPS) is 33.7. The van der Waals surface area contributed by atoms with Crippen LogP contribution < -0.4 is 4.74 Å². The summed E-state index contributed by atoms with van der Waals surface area (Å²) in [5.41, 5.74) is 0. The molecule has 1 atom stereocenters. The number of rotatable bonds is 2. The first-order chi connectivity index (χ1) is 7.79. The van der Waals surface area contributed by atoms with Gasteiger partial charge >= 0.3 is 0 Å². The van der Waals surface area contributed by atoms with E-state index in [1.807, 2.05) is 0 Å². The summed E-state index contributed by atoms with van der Waals surface area (Å²) in [6.45, 7) is 5.84. The van der Waals surface area contributed by atoms with Crippen LogP contribution in [0.3, 0.4) is 0 Å². The lowest BCUT2D eigenvalue weighted by Gasteiger charge is -2.25. The van der Waals surface area contributed by atoms with Gasteiger partial charge in [0, 0.05) is 11.4 Å². The van der Waals surface area contributed by atoms with Crippen LogP contribution in [0.25, 0.3) is 0 Å². The molecule has 2 bridgehead atoms. The van der Waals surface area contributed by atoms with Crippen molar-refractivity contribution in [2.75, 3.05) is 19.6 Å². The summed E-state index contributed by atoms with van der Waals surface area (Å²) in [6, 6.07) is 4.26. The number of fused-ring (bicyclic) bond motifs is 4. The van der Waals surface area contributed by atoms with Crippen molar-refractivity contribution < 1.29 is 4.74 Å². The zero-order valence-corrected chi connectivity index (χ0v) is 10.6. The molecule has 1 aromatic heterocycles. The molecule has 3 aliphatic heterocycles. The van der Waals surface area contributed by atoms with Crippen molar-refractivity contribution in [3.05, 3.63) is 17.0 Å². The van der Waals surface area contributed by atoms with Gasteiger partial charge < -0.3 is 4.74 Å². The van der Waals surface area contributed by atoms with Gasteiger partial charge in [-0.1, -0.05) is 0 Å². The maximum Gasteiger partial charge on any atom is 0.174 e. The molecule has 4 rings (SSSR count). The molecular weight excluding hydrogens is 218 g/mol. The van der Waals surface area contributed by atoms with Crippen LogP contribution in [0.5, 0.6) is 5.06 Å². The SMILES string of the molecule is Cc1ccc(OC2CC3CCN(CC3)C2)s1. The van der Waals surface area contributed by atoms with Gasteiger partial charge in [-0.2, -0.15) is 0 Å². The van der Waals surface area contributed by atoms with E-state index in [9.17, 15) is 0 Å². The smallest absolute Gasteiger partial charge is 0.174 e. The highest BCUT2D eigenvalue weighted by Crippen LogP contribution is 2.31. The van der Waals surface area contributed by atoms with Crippen molar-refractivity contribution in [2.45, 2.75) is 32.3 Å². The fourth-order valence-electron chi connectivity index (χ4n) is 2.86. The van der Waals surface area contributed by atoms with E-state index in [1.54, 1.807) is 11.3 Å². The molecule has 3 aliphatic rings. The van der Waals surface area contributed by atoms with Gasteiger partial charge in [0.2, 0.25) is 0 Å². The van der Waals surface area contributed by atoms with Crippen molar-refractivity contribution in [3.63, 3.8) is 0 Å². The summed E-state index contributed by atoms with van der Waals surface area (Å²) in [4.78, 5) is 3.90. The molecule has 0 amide bonds. The predicted octanol–water partition coefficient (Wildman–Crippen LogP) is 2.92. The minimum absolute atomic E-state index is 0.424. The Balaban J connectivity index is 1.66. The number of thiophene rings is 1. The average molecular weight is 237 g/mol. The van der Waals surface area contributed by atoms with E-state index >= 15 is 0 Å². The molecule has 0 aromatic carbocycles. The van der Waals surface area contributed by atoms with Crippen LogP contribution in [0.15, 0.2) is 12.1 Å². The van der Waals surface area contributed by atoms with E-state index in [0.717, 1.165) is 17.5 Å². The summed E-state index contributed by atoms with van der Waals surface area (Å²) in [5.74, 6) is 0.907. The zero-order chi connectivity index (χ0) is 11.0. The van der Waals surface area contributed by atoms with E-state index in [-0.39, 0.29) is 0 Å². The Bertz CT molecular complexity index is 341. The summed E-state index contributed by atoms with van der Waals surface area (Å²) in [5, 5.41) is 1.10. The molecule has 0 N–H and O–H groups in total. The fraction of sp³-hybridized carbons (Fsp3) is 0.692. The molecule has 3 heteroatoms. The summed E-state index contributed by atoms with van der Waals surface area (Å²) in [6.07, 6.45) is 4.44. The van der Waals surface area contributed by atoms with Crippen molar-refractivity contribution in [1.29, 1.82) is 0 Å². The van der Waals surface area contributed by atoms with Crippen LogP contribution in [0, 0.1) is 12.8 Å². The maximum atomic E-state index is 6.11. The second-order valence-corrected chi connectivity index (χ2v) is 6.34. The molecule has 1 aromatic rings. The van der Waals surface area contributed by atoms with Crippen molar-refractivity contribution in [3.8, 4) is 5.06 Å². The Labute approximate surface area is 101 Å². The third kappa shape index (κ3) is 2.25. The molecule has 0 aliphatic carbocycles. The van der Waals surface area contributed by atoms with Crippen molar-refractivity contribution in [1.82, 2.24) is 4.90 Å². The lowest BCUT2D eigenvalue weighted by atomic mass is 9.95. The van der Waals surface area contributed by atoms with Gasteiger partial charge in [0.15, 0.2) is 5.06 Å². The molecular formula is C13H19NOS. The van der Waals surface area contributed by atoms with Crippen LogP contribution in [-0.4, -0.2) is 30.6 Å².